The van der Waals surface area contributed by atoms with E-state index in [1.807, 2.05) is 30.3 Å². The molecule has 0 bridgehead atoms. The van der Waals surface area contributed by atoms with Crippen molar-refractivity contribution in [2.45, 2.75) is 6.42 Å². The number of aromatic amines is 1. The van der Waals surface area contributed by atoms with Gasteiger partial charge in [-0.2, -0.15) is 5.10 Å². The lowest BCUT2D eigenvalue weighted by atomic mass is 10.1. The zero-order valence-corrected chi connectivity index (χ0v) is 7.60. The smallest absolute Gasteiger partial charge is 0.264 e. The number of nitrogens with one attached hydrogen (secondary N) is 1. The van der Waals surface area contributed by atoms with Crippen molar-refractivity contribution in [3.05, 3.63) is 64.1 Å². The van der Waals surface area contributed by atoms with Crippen molar-refractivity contribution in [2.75, 3.05) is 0 Å². The van der Waals surface area contributed by atoms with Gasteiger partial charge in [-0.15, -0.1) is 0 Å². The van der Waals surface area contributed by atoms with Crippen molar-refractivity contribution in [2.24, 2.45) is 0 Å². The van der Waals surface area contributed by atoms with E-state index in [4.69, 9.17) is 0 Å². The number of nitrogens with zero attached hydrogens (tertiary/aromatic N) is 1. The molecule has 0 aliphatic rings. The summed E-state index contributed by atoms with van der Waals surface area (Å²) in [6.45, 7) is 0. The highest BCUT2D eigenvalue weighted by Gasteiger charge is 1.96. The minimum Gasteiger partial charge on any atom is -0.268 e. The maximum absolute atomic E-state index is 11.0. The van der Waals surface area contributed by atoms with Crippen LogP contribution in [0, 0.1) is 0 Å². The second-order valence-electron chi connectivity index (χ2n) is 3.12. The minimum absolute atomic E-state index is 0.154. The molecule has 1 N–H and O–H groups in total. The van der Waals surface area contributed by atoms with E-state index in [-0.39, 0.29) is 5.56 Å². The molecule has 3 nitrogen and oxygen atoms in total. The summed E-state index contributed by atoms with van der Waals surface area (Å²) in [6, 6.07) is 11.6. The Labute approximate surface area is 81.4 Å². The van der Waals surface area contributed by atoms with Crippen LogP contribution in [0.3, 0.4) is 0 Å². The predicted molar refractivity (Wildman–Crippen MR) is 54.1 cm³/mol. The second-order valence-corrected chi connectivity index (χ2v) is 3.12. The van der Waals surface area contributed by atoms with E-state index in [1.165, 1.54) is 5.56 Å². The van der Waals surface area contributed by atoms with Crippen molar-refractivity contribution in [1.82, 2.24) is 10.2 Å². The SMILES string of the molecule is O=c1cc(Cc2ccccc2)cn[nH]1. The van der Waals surface area contributed by atoms with Crippen LogP contribution >= 0.6 is 0 Å². The van der Waals surface area contributed by atoms with Crippen molar-refractivity contribution < 1.29 is 0 Å². The number of aromatic nitrogens is 2. The van der Waals surface area contributed by atoms with Gasteiger partial charge in [-0.3, -0.25) is 4.79 Å². The summed E-state index contributed by atoms with van der Waals surface area (Å²) >= 11 is 0. The topological polar surface area (TPSA) is 45.8 Å². The standard InChI is InChI=1S/C11H10N2O/c14-11-7-10(8-12-13-11)6-9-4-2-1-3-5-9/h1-5,7-8H,6H2,(H,13,14). The third kappa shape index (κ3) is 2.07. The number of rotatable bonds is 2. The molecule has 0 spiro atoms. The van der Waals surface area contributed by atoms with E-state index in [2.05, 4.69) is 10.2 Å². The molecule has 1 aromatic carbocycles. The van der Waals surface area contributed by atoms with Gasteiger partial charge in [0.15, 0.2) is 0 Å². The Kier molecular flexibility index (Phi) is 2.40. The molecule has 0 atom stereocenters. The molecule has 0 unspecified atom stereocenters. The monoisotopic (exact) mass is 186 g/mol. The summed E-state index contributed by atoms with van der Waals surface area (Å²) < 4.78 is 0. The lowest BCUT2D eigenvalue weighted by Crippen LogP contribution is -2.07. The van der Waals surface area contributed by atoms with Crippen molar-refractivity contribution in [1.29, 1.82) is 0 Å². The third-order valence-corrected chi connectivity index (χ3v) is 1.97. The lowest BCUT2D eigenvalue weighted by Gasteiger charge is -1.99. The maximum Gasteiger partial charge on any atom is 0.264 e. The molecule has 0 radical (unpaired) electrons. The number of H-pyrrole nitrogens is 1. The van der Waals surface area contributed by atoms with Gasteiger partial charge in [-0.05, 0) is 17.5 Å². The van der Waals surface area contributed by atoms with Gasteiger partial charge < -0.3 is 0 Å². The van der Waals surface area contributed by atoms with Crippen LogP contribution in [0.2, 0.25) is 0 Å². The highest BCUT2D eigenvalue weighted by atomic mass is 16.1. The van der Waals surface area contributed by atoms with E-state index in [1.54, 1.807) is 12.3 Å². The van der Waals surface area contributed by atoms with Crippen molar-refractivity contribution >= 4 is 0 Å². The first-order chi connectivity index (χ1) is 6.84. The molecule has 0 amide bonds. The Morgan fingerprint density at radius 1 is 1.14 bits per heavy atom. The second kappa shape index (κ2) is 3.87. The molecule has 1 aromatic heterocycles. The quantitative estimate of drug-likeness (QED) is 0.769. The Balaban J connectivity index is 2.24. The summed E-state index contributed by atoms with van der Waals surface area (Å²) in [4.78, 5) is 11.0. The fourth-order valence-corrected chi connectivity index (χ4v) is 1.34. The highest BCUT2D eigenvalue weighted by molar-refractivity contribution is 5.22. The molecular weight excluding hydrogens is 176 g/mol. The van der Waals surface area contributed by atoms with Crippen LogP contribution in [0.1, 0.15) is 11.1 Å². The number of hydrogen-bond donors (Lipinski definition) is 1. The normalized spacial score (nSPS) is 10.0. The molecule has 3 heteroatoms. The zero-order valence-electron chi connectivity index (χ0n) is 7.60. The molecule has 0 saturated heterocycles. The van der Waals surface area contributed by atoms with Gasteiger partial charge in [0.1, 0.15) is 0 Å². The zero-order chi connectivity index (χ0) is 9.80. The van der Waals surface area contributed by atoms with Gasteiger partial charge in [0.2, 0.25) is 0 Å². The molecule has 14 heavy (non-hydrogen) atoms. The first kappa shape index (κ1) is 8.69. The molecule has 1 heterocycles. The fourth-order valence-electron chi connectivity index (χ4n) is 1.34. The molecule has 0 aliphatic carbocycles. The largest absolute Gasteiger partial charge is 0.268 e. The molecule has 70 valence electrons. The van der Waals surface area contributed by atoms with Crippen LogP contribution in [0.25, 0.3) is 0 Å². The van der Waals surface area contributed by atoms with E-state index in [0.29, 0.717) is 0 Å². The van der Waals surface area contributed by atoms with Gasteiger partial charge in [-0.25, -0.2) is 5.10 Å². The van der Waals surface area contributed by atoms with Gasteiger partial charge in [0, 0.05) is 6.07 Å². The first-order valence-corrected chi connectivity index (χ1v) is 4.42. The summed E-state index contributed by atoms with van der Waals surface area (Å²) in [7, 11) is 0. The molecule has 0 fully saturated rings. The van der Waals surface area contributed by atoms with Gasteiger partial charge >= 0.3 is 0 Å². The Bertz CT molecular complexity index is 462. The number of hydrogen-bond acceptors (Lipinski definition) is 2. The van der Waals surface area contributed by atoms with Crippen LogP contribution in [-0.4, -0.2) is 10.2 Å². The molecular formula is C11H10N2O. The van der Waals surface area contributed by atoms with Gasteiger partial charge in [-0.1, -0.05) is 30.3 Å². The first-order valence-electron chi connectivity index (χ1n) is 4.42. The Morgan fingerprint density at radius 3 is 2.64 bits per heavy atom. The van der Waals surface area contributed by atoms with Crippen molar-refractivity contribution in [3.63, 3.8) is 0 Å². The average molecular weight is 186 g/mol. The van der Waals surface area contributed by atoms with Crippen LogP contribution in [0.4, 0.5) is 0 Å². The van der Waals surface area contributed by atoms with E-state index in [0.717, 1.165) is 12.0 Å². The van der Waals surface area contributed by atoms with E-state index < -0.39 is 0 Å². The van der Waals surface area contributed by atoms with Crippen LogP contribution in [0.5, 0.6) is 0 Å². The van der Waals surface area contributed by atoms with Gasteiger partial charge in [0.05, 0.1) is 6.20 Å². The van der Waals surface area contributed by atoms with E-state index >= 15 is 0 Å². The van der Waals surface area contributed by atoms with Gasteiger partial charge in [0.25, 0.3) is 5.56 Å². The summed E-state index contributed by atoms with van der Waals surface area (Å²) in [5.74, 6) is 0. The Morgan fingerprint density at radius 2 is 1.93 bits per heavy atom. The lowest BCUT2D eigenvalue weighted by molar-refractivity contribution is 0.957. The average Bonchev–Trinajstić information content (AvgIpc) is 2.19. The summed E-state index contributed by atoms with van der Waals surface area (Å²) in [5.41, 5.74) is 1.96. The maximum atomic E-state index is 11.0. The Hall–Kier alpha value is -1.90. The van der Waals surface area contributed by atoms with Crippen LogP contribution < -0.4 is 5.56 Å². The predicted octanol–water partition coefficient (Wildman–Crippen LogP) is 1.36. The third-order valence-electron chi connectivity index (χ3n) is 1.97. The molecule has 2 rings (SSSR count). The summed E-state index contributed by atoms with van der Waals surface area (Å²) in [6.07, 6.45) is 2.42. The minimum atomic E-state index is -0.154. The number of benzene rings is 1. The fraction of sp³-hybridized carbons (Fsp3) is 0.0909. The molecule has 2 aromatic rings. The molecule has 0 aliphatic heterocycles. The highest BCUT2D eigenvalue weighted by Crippen LogP contribution is 2.05. The van der Waals surface area contributed by atoms with E-state index in [9.17, 15) is 4.79 Å². The molecule has 0 saturated carbocycles. The summed E-state index contributed by atoms with van der Waals surface area (Å²) in [5, 5.41) is 6.09. The van der Waals surface area contributed by atoms with Crippen LogP contribution in [-0.2, 0) is 6.42 Å². The van der Waals surface area contributed by atoms with Crippen molar-refractivity contribution in [3.8, 4) is 0 Å². The van der Waals surface area contributed by atoms with Crippen LogP contribution in [0.15, 0.2) is 47.4 Å².